The molecule has 0 fully saturated rings. The van der Waals surface area contributed by atoms with Crippen LogP contribution >= 0.6 is 0 Å². The SMILES string of the molecule is CC(CCNCCCCNC(=O)C(O)C(=O)NCCCCCCCCN=C(NC(=O)O)NC(=O)OC(C)(C)C)NC(=O)O. The first-order chi connectivity index (χ1) is 20.2. The number of nitrogens with one attached hydrogen (secondary N) is 6. The molecule has 0 spiro atoms. The van der Waals surface area contributed by atoms with Gasteiger partial charge in [0, 0.05) is 25.7 Å². The van der Waals surface area contributed by atoms with Gasteiger partial charge in [-0.05, 0) is 72.9 Å². The lowest BCUT2D eigenvalue weighted by molar-refractivity contribution is -0.141. The molecule has 0 aromatic heterocycles. The summed E-state index contributed by atoms with van der Waals surface area (Å²) in [5.41, 5.74) is -0.735. The number of rotatable bonds is 20. The minimum absolute atomic E-state index is 0.141. The number of guanidine groups is 1. The Hall–Kier alpha value is -3.66. The molecule has 2 unspecified atom stereocenters. The summed E-state index contributed by atoms with van der Waals surface area (Å²) in [5.74, 6) is -1.69. The third-order valence-corrected chi connectivity index (χ3v) is 5.70. The number of hydrogen-bond acceptors (Lipinski definition) is 9. The zero-order valence-electron chi connectivity index (χ0n) is 25.8. The highest BCUT2D eigenvalue weighted by atomic mass is 16.6. The van der Waals surface area contributed by atoms with E-state index in [1.807, 2.05) is 5.32 Å². The number of carbonyl (C=O) groups is 5. The van der Waals surface area contributed by atoms with Crippen molar-refractivity contribution in [2.24, 2.45) is 4.99 Å². The molecule has 0 aliphatic rings. The van der Waals surface area contributed by atoms with E-state index in [9.17, 15) is 29.1 Å². The Balaban J connectivity index is 3.90. The van der Waals surface area contributed by atoms with Gasteiger partial charge in [0.05, 0.1) is 0 Å². The van der Waals surface area contributed by atoms with E-state index in [4.69, 9.17) is 14.9 Å². The van der Waals surface area contributed by atoms with E-state index in [0.717, 1.165) is 32.1 Å². The smallest absolute Gasteiger partial charge is 0.414 e. The summed E-state index contributed by atoms with van der Waals surface area (Å²) in [6, 6.07) is -0.141. The number of unbranched alkanes of at least 4 members (excludes halogenated alkanes) is 6. The third-order valence-electron chi connectivity index (χ3n) is 5.70. The molecule has 0 saturated heterocycles. The van der Waals surface area contributed by atoms with Crippen LogP contribution in [0.2, 0.25) is 0 Å². The third kappa shape index (κ3) is 24.6. The number of aliphatic hydroxyl groups excluding tert-OH is 1. The lowest BCUT2D eigenvalue weighted by atomic mass is 10.1. The van der Waals surface area contributed by atoms with Crippen LogP contribution in [0.1, 0.15) is 85.5 Å². The molecule has 0 aliphatic carbocycles. The molecule has 0 bridgehead atoms. The zero-order valence-corrected chi connectivity index (χ0v) is 25.8. The molecule has 43 heavy (non-hydrogen) atoms. The van der Waals surface area contributed by atoms with E-state index in [2.05, 4.69) is 31.6 Å². The summed E-state index contributed by atoms with van der Waals surface area (Å²) >= 11 is 0. The molecule has 0 aromatic rings. The highest BCUT2D eigenvalue weighted by Gasteiger charge is 2.22. The first-order valence-electron chi connectivity index (χ1n) is 14.7. The van der Waals surface area contributed by atoms with Gasteiger partial charge in [0.2, 0.25) is 12.1 Å². The molecule has 0 radical (unpaired) electrons. The number of alkyl carbamates (subject to hydrolysis) is 1. The van der Waals surface area contributed by atoms with Crippen LogP contribution in [0.15, 0.2) is 4.99 Å². The fourth-order valence-electron chi connectivity index (χ4n) is 3.58. The maximum absolute atomic E-state index is 12.0. The first kappa shape index (κ1) is 39.3. The largest absolute Gasteiger partial charge is 0.465 e. The lowest BCUT2D eigenvalue weighted by Crippen LogP contribution is -2.46. The minimum Gasteiger partial charge on any atom is -0.465 e. The second-order valence-electron chi connectivity index (χ2n) is 11.0. The predicted octanol–water partition coefficient (Wildman–Crippen LogP) is 1.48. The van der Waals surface area contributed by atoms with Crippen molar-refractivity contribution in [1.29, 1.82) is 0 Å². The van der Waals surface area contributed by atoms with Gasteiger partial charge in [0.1, 0.15) is 5.60 Å². The number of nitrogens with zero attached hydrogens (tertiary/aromatic N) is 1. The summed E-state index contributed by atoms with van der Waals surface area (Å²) in [7, 11) is 0. The topological polar surface area (TPSA) is 240 Å². The van der Waals surface area contributed by atoms with E-state index in [1.165, 1.54) is 0 Å². The van der Waals surface area contributed by atoms with Crippen molar-refractivity contribution in [3.63, 3.8) is 0 Å². The van der Waals surface area contributed by atoms with Crippen molar-refractivity contribution in [2.45, 2.75) is 103 Å². The molecular formula is C27H51N7O9. The van der Waals surface area contributed by atoms with E-state index < -0.39 is 41.8 Å². The minimum atomic E-state index is -1.77. The van der Waals surface area contributed by atoms with Crippen molar-refractivity contribution in [3.05, 3.63) is 0 Å². The molecular weight excluding hydrogens is 566 g/mol. The second kappa shape index (κ2) is 22.9. The van der Waals surface area contributed by atoms with Gasteiger partial charge < -0.3 is 41.3 Å². The molecule has 0 aromatic carbocycles. The van der Waals surface area contributed by atoms with Gasteiger partial charge in [-0.1, -0.05) is 25.7 Å². The molecule has 9 N–H and O–H groups in total. The number of hydrogen-bond donors (Lipinski definition) is 9. The lowest BCUT2D eigenvalue weighted by Gasteiger charge is -2.20. The number of carbonyl (C=O) groups excluding carboxylic acids is 3. The molecule has 5 amide bonds. The second-order valence-corrected chi connectivity index (χ2v) is 11.0. The van der Waals surface area contributed by atoms with Gasteiger partial charge in [-0.15, -0.1) is 0 Å². The first-order valence-corrected chi connectivity index (χ1v) is 14.7. The van der Waals surface area contributed by atoms with E-state index in [0.29, 0.717) is 58.4 Å². The Bertz CT molecular complexity index is 895. The highest BCUT2D eigenvalue weighted by Crippen LogP contribution is 2.07. The van der Waals surface area contributed by atoms with Crippen LogP contribution in [0, 0.1) is 0 Å². The van der Waals surface area contributed by atoms with Crippen LogP contribution in [0.4, 0.5) is 14.4 Å². The number of ether oxygens (including phenoxy) is 1. The number of aliphatic hydroxyl groups is 1. The van der Waals surface area contributed by atoms with Gasteiger partial charge in [-0.3, -0.25) is 25.2 Å². The monoisotopic (exact) mass is 617 g/mol. The number of amides is 5. The molecule has 0 aliphatic heterocycles. The predicted molar refractivity (Wildman–Crippen MR) is 160 cm³/mol. The summed E-state index contributed by atoms with van der Waals surface area (Å²) in [5, 5.41) is 42.4. The number of aliphatic imine (C=N–C) groups is 1. The average Bonchev–Trinajstić information content (AvgIpc) is 2.88. The highest BCUT2D eigenvalue weighted by molar-refractivity contribution is 6.03. The van der Waals surface area contributed by atoms with Crippen molar-refractivity contribution < 1.29 is 44.0 Å². The van der Waals surface area contributed by atoms with E-state index in [-0.39, 0.29) is 12.0 Å². The van der Waals surface area contributed by atoms with Crippen molar-refractivity contribution in [1.82, 2.24) is 31.9 Å². The van der Waals surface area contributed by atoms with Crippen LogP contribution < -0.4 is 31.9 Å². The molecule has 0 saturated carbocycles. The standard InChI is InChI=1S/C27H51N7O9/c1-19(32-24(38)39)13-18-28-14-11-12-16-30-22(37)20(35)21(36)29-15-9-7-5-6-8-10-17-31-23(33-25(40)41)34-26(42)43-27(2,3)4/h19-20,28,32,35H,5-18H2,1-4H3,(H,29,36)(H,30,37)(H,38,39)(H,40,41)(H2,31,33,34,42). The summed E-state index contributed by atoms with van der Waals surface area (Å²) in [6.45, 7) is 9.17. The van der Waals surface area contributed by atoms with Gasteiger partial charge in [-0.2, -0.15) is 0 Å². The Kier molecular flexibility index (Phi) is 20.9. The van der Waals surface area contributed by atoms with Crippen molar-refractivity contribution >= 4 is 36.1 Å². The van der Waals surface area contributed by atoms with Crippen LogP contribution in [0.3, 0.4) is 0 Å². The molecule has 16 heteroatoms. The fourth-order valence-corrected chi connectivity index (χ4v) is 3.58. The van der Waals surface area contributed by atoms with Gasteiger partial charge in [-0.25, -0.2) is 14.4 Å². The molecule has 16 nitrogen and oxygen atoms in total. The normalized spacial score (nSPS) is 12.9. The van der Waals surface area contributed by atoms with Crippen LogP contribution in [-0.4, -0.2) is 102 Å². The van der Waals surface area contributed by atoms with Gasteiger partial charge >= 0.3 is 18.3 Å². The zero-order chi connectivity index (χ0) is 32.7. The quantitative estimate of drug-likeness (QED) is 0.0412. The van der Waals surface area contributed by atoms with E-state index in [1.54, 1.807) is 27.7 Å². The van der Waals surface area contributed by atoms with Crippen LogP contribution in [-0.2, 0) is 14.3 Å². The van der Waals surface area contributed by atoms with Crippen molar-refractivity contribution in [3.8, 4) is 0 Å². The Morgan fingerprint density at radius 2 is 1.28 bits per heavy atom. The van der Waals surface area contributed by atoms with Crippen LogP contribution in [0.5, 0.6) is 0 Å². The van der Waals surface area contributed by atoms with Gasteiger partial charge in [0.15, 0.2) is 0 Å². The average molecular weight is 618 g/mol. The maximum Gasteiger partial charge on any atom is 0.414 e. The Morgan fingerprint density at radius 3 is 1.84 bits per heavy atom. The van der Waals surface area contributed by atoms with Gasteiger partial charge in [0.25, 0.3) is 11.8 Å². The van der Waals surface area contributed by atoms with E-state index >= 15 is 0 Å². The number of carboxylic acid groups (broad SMARTS) is 2. The Labute approximate surface area is 253 Å². The summed E-state index contributed by atoms with van der Waals surface area (Å²) in [4.78, 5) is 61.3. The molecule has 0 heterocycles. The molecule has 2 atom stereocenters. The maximum atomic E-state index is 12.0. The Morgan fingerprint density at radius 1 is 0.744 bits per heavy atom. The van der Waals surface area contributed by atoms with Crippen molar-refractivity contribution in [2.75, 3.05) is 32.7 Å². The molecule has 0 rings (SSSR count). The summed E-state index contributed by atoms with van der Waals surface area (Å²) in [6.07, 6.45) is 1.93. The van der Waals surface area contributed by atoms with Crippen LogP contribution in [0.25, 0.3) is 0 Å². The fraction of sp³-hybridized carbons (Fsp3) is 0.778. The molecule has 248 valence electrons. The summed E-state index contributed by atoms with van der Waals surface area (Å²) < 4.78 is 5.09.